The van der Waals surface area contributed by atoms with Crippen molar-refractivity contribution in [1.82, 2.24) is 0 Å². The molecule has 0 aromatic rings. The van der Waals surface area contributed by atoms with Crippen molar-refractivity contribution in [3.63, 3.8) is 0 Å². The minimum Gasteiger partial charge on any atom is -0.481 e. The highest BCUT2D eigenvalue weighted by atomic mass is 79.9. The van der Waals surface area contributed by atoms with Crippen LogP contribution in [0.1, 0.15) is 65.2 Å². The second-order valence-corrected chi connectivity index (χ2v) is 7.07. The topological polar surface area (TPSA) is 176 Å². The molecule has 2 unspecified atom stereocenters. The number of azide groups is 1. The van der Waals surface area contributed by atoms with E-state index in [0.29, 0.717) is 51.7 Å². The molecule has 0 saturated carbocycles. The zero-order valence-corrected chi connectivity index (χ0v) is 18.9. The largest absolute Gasteiger partial charge is 0.481 e. The highest BCUT2D eigenvalue weighted by Crippen LogP contribution is 2.11. The molecule has 0 aromatic carbocycles. The maximum atomic E-state index is 10.9. The molecule has 0 spiro atoms. The maximum absolute atomic E-state index is 10.9. The molecule has 172 valence electrons. The zero-order chi connectivity index (χ0) is 23.4. The number of unbranched alkanes of at least 4 members (excludes halogenated alkanes) is 2. The summed E-state index contributed by atoms with van der Waals surface area (Å²) in [6, 6.07) is -1.05. The van der Waals surface area contributed by atoms with E-state index in [2.05, 4.69) is 26.0 Å². The molecule has 0 bridgehead atoms. The molecule has 0 heterocycles. The molecule has 0 radical (unpaired) electrons. The first-order valence-corrected chi connectivity index (χ1v) is 10.6. The van der Waals surface area contributed by atoms with Gasteiger partial charge in [0, 0.05) is 17.8 Å². The smallest absolute Gasteiger partial charge is 0.317 e. The molecule has 0 aliphatic carbocycles. The number of hydrogen-bond acceptors (Lipinski definition) is 7. The van der Waals surface area contributed by atoms with Crippen molar-refractivity contribution in [2.45, 2.75) is 76.1 Å². The molecule has 0 rings (SSSR count). The lowest BCUT2D eigenvalue weighted by atomic mass is 10.1. The fourth-order valence-corrected chi connectivity index (χ4v) is 2.41. The fourth-order valence-electron chi connectivity index (χ4n) is 2.08. The van der Waals surface area contributed by atoms with Crippen LogP contribution in [0.5, 0.6) is 0 Å². The molecule has 0 aliphatic heterocycles. The fraction of sp³-hybridized carbons (Fsp3) is 0.778. The SMILES string of the molecule is CCOC(=O)CCCCC(Br)C(=O)O.CCOC(=O)CCCCC(N=[N+]=[N-])C(=O)O. The van der Waals surface area contributed by atoms with Crippen LogP contribution in [0, 0.1) is 0 Å². The predicted octanol–water partition coefficient (Wildman–Crippen LogP) is 3.83. The Morgan fingerprint density at radius 2 is 1.37 bits per heavy atom. The Balaban J connectivity index is 0. The number of carboxylic acids is 2. The molecule has 0 aliphatic rings. The Morgan fingerprint density at radius 3 is 1.73 bits per heavy atom. The van der Waals surface area contributed by atoms with E-state index in [-0.39, 0.29) is 24.8 Å². The van der Waals surface area contributed by atoms with Gasteiger partial charge < -0.3 is 19.7 Å². The summed E-state index contributed by atoms with van der Waals surface area (Å²) in [5.41, 5.74) is 8.12. The average Bonchev–Trinajstić information content (AvgIpc) is 2.68. The zero-order valence-electron chi connectivity index (χ0n) is 17.3. The molecule has 30 heavy (non-hydrogen) atoms. The van der Waals surface area contributed by atoms with Gasteiger partial charge in [-0.1, -0.05) is 33.9 Å². The second-order valence-electron chi connectivity index (χ2n) is 5.97. The van der Waals surface area contributed by atoms with Gasteiger partial charge in [0.2, 0.25) is 0 Å². The van der Waals surface area contributed by atoms with Crippen molar-refractivity contribution in [3.05, 3.63) is 10.4 Å². The van der Waals surface area contributed by atoms with Gasteiger partial charge in [-0.2, -0.15) is 0 Å². The van der Waals surface area contributed by atoms with Crippen LogP contribution in [0.4, 0.5) is 0 Å². The summed E-state index contributed by atoms with van der Waals surface area (Å²) in [5, 5.41) is 20.3. The van der Waals surface area contributed by atoms with Crippen molar-refractivity contribution in [3.8, 4) is 0 Å². The van der Waals surface area contributed by atoms with Gasteiger partial charge in [0.15, 0.2) is 0 Å². The van der Waals surface area contributed by atoms with Crippen molar-refractivity contribution in [2.24, 2.45) is 5.11 Å². The number of hydrogen-bond donors (Lipinski definition) is 2. The average molecular weight is 496 g/mol. The number of carbonyl (C=O) groups excluding carboxylic acids is 2. The highest BCUT2D eigenvalue weighted by Gasteiger charge is 2.15. The van der Waals surface area contributed by atoms with Crippen molar-refractivity contribution in [1.29, 1.82) is 0 Å². The quantitative estimate of drug-likeness (QED) is 0.0858. The standard InChI is InChI=1S/C9H15BrO4.C9H15N3O4/c1-2-14-8(11)6-4-3-5-7(10)9(12)13;1-2-16-8(13)6-4-3-5-7(9(14)15)11-12-10/h7H,2-6H2,1H3,(H,12,13);7H,2-6H2,1H3,(H,14,15). The molecule has 0 fully saturated rings. The first kappa shape index (κ1) is 29.9. The van der Waals surface area contributed by atoms with Crippen LogP contribution in [0.25, 0.3) is 10.4 Å². The third-order valence-electron chi connectivity index (χ3n) is 3.55. The number of esters is 2. The number of carboxylic acid groups (broad SMARTS) is 2. The third-order valence-corrected chi connectivity index (χ3v) is 4.40. The Bertz CT molecular complexity index is 580. The molecule has 2 N–H and O–H groups in total. The van der Waals surface area contributed by atoms with Gasteiger partial charge >= 0.3 is 23.9 Å². The number of aliphatic carboxylic acids is 2. The Kier molecular flexibility index (Phi) is 19.9. The predicted molar refractivity (Wildman–Crippen MR) is 111 cm³/mol. The van der Waals surface area contributed by atoms with Crippen molar-refractivity contribution >= 4 is 39.8 Å². The van der Waals surface area contributed by atoms with Crippen molar-refractivity contribution in [2.75, 3.05) is 13.2 Å². The van der Waals surface area contributed by atoms with Gasteiger partial charge in [0.05, 0.1) is 13.2 Å². The summed E-state index contributed by atoms with van der Waals surface area (Å²) >= 11 is 3.02. The van der Waals surface area contributed by atoms with Crippen LogP contribution in [-0.2, 0) is 28.7 Å². The summed E-state index contributed by atoms with van der Waals surface area (Å²) in [6.45, 7) is 4.22. The van der Waals surface area contributed by atoms with E-state index < -0.39 is 22.8 Å². The molecule has 2 atom stereocenters. The maximum Gasteiger partial charge on any atom is 0.317 e. The summed E-state index contributed by atoms with van der Waals surface area (Å²) in [7, 11) is 0. The number of rotatable bonds is 15. The van der Waals surface area contributed by atoms with Crippen LogP contribution >= 0.6 is 15.9 Å². The van der Waals surface area contributed by atoms with Gasteiger partial charge in [-0.05, 0) is 45.1 Å². The lowest BCUT2D eigenvalue weighted by Gasteiger charge is -2.05. The lowest BCUT2D eigenvalue weighted by Crippen LogP contribution is -2.16. The van der Waals surface area contributed by atoms with Gasteiger partial charge in [0.1, 0.15) is 10.9 Å². The Hall–Kier alpha value is -2.33. The number of carbonyl (C=O) groups is 4. The Morgan fingerprint density at radius 1 is 0.900 bits per heavy atom. The van der Waals surface area contributed by atoms with Crippen LogP contribution in [0.3, 0.4) is 0 Å². The summed E-state index contributed by atoms with van der Waals surface area (Å²) < 4.78 is 9.44. The minimum atomic E-state index is -1.14. The van der Waals surface area contributed by atoms with Crippen molar-refractivity contribution < 1.29 is 38.9 Å². The third kappa shape index (κ3) is 19.0. The van der Waals surface area contributed by atoms with Gasteiger partial charge in [-0.3, -0.25) is 19.2 Å². The van der Waals surface area contributed by atoms with Gasteiger partial charge in [-0.15, -0.1) is 0 Å². The number of alkyl halides is 1. The monoisotopic (exact) mass is 495 g/mol. The number of ether oxygens (including phenoxy) is 2. The summed E-state index contributed by atoms with van der Waals surface area (Å²) in [6.07, 6.45) is 3.82. The van der Waals surface area contributed by atoms with Gasteiger partial charge in [0.25, 0.3) is 0 Å². The van der Waals surface area contributed by atoms with E-state index in [4.69, 9.17) is 25.2 Å². The van der Waals surface area contributed by atoms with E-state index in [1.54, 1.807) is 13.8 Å². The van der Waals surface area contributed by atoms with Crippen LogP contribution in [0.2, 0.25) is 0 Å². The minimum absolute atomic E-state index is 0.214. The van der Waals surface area contributed by atoms with E-state index in [0.717, 1.165) is 0 Å². The molecule has 0 saturated heterocycles. The Labute approximate surface area is 183 Å². The first-order valence-electron chi connectivity index (χ1n) is 9.64. The molecule has 11 nitrogen and oxygen atoms in total. The summed E-state index contributed by atoms with van der Waals surface area (Å²) in [4.78, 5) is 44.7. The molecular weight excluding hydrogens is 466 g/mol. The molecule has 0 amide bonds. The van der Waals surface area contributed by atoms with Crippen LogP contribution in [-0.4, -0.2) is 58.2 Å². The lowest BCUT2D eigenvalue weighted by molar-refractivity contribution is -0.144. The highest BCUT2D eigenvalue weighted by molar-refractivity contribution is 9.10. The normalized spacial score (nSPS) is 11.7. The van der Waals surface area contributed by atoms with E-state index >= 15 is 0 Å². The number of nitrogens with zero attached hydrogens (tertiary/aromatic N) is 3. The molecule has 0 aromatic heterocycles. The number of halogens is 1. The summed E-state index contributed by atoms with van der Waals surface area (Å²) in [5.74, 6) is -2.51. The van der Waals surface area contributed by atoms with E-state index in [1.807, 2.05) is 0 Å². The van der Waals surface area contributed by atoms with Gasteiger partial charge in [-0.25, -0.2) is 0 Å². The van der Waals surface area contributed by atoms with E-state index in [1.165, 1.54) is 0 Å². The molecular formula is C18H30BrN3O8. The van der Waals surface area contributed by atoms with Crippen LogP contribution < -0.4 is 0 Å². The molecule has 12 heteroatoms. The van der Waals surface area contributed by atoms with Crippen LogP contribution in [0.15, 0.2) is 5.11 Å². The van der Waals surface area contributed by atoms with E-state index in [9.17, 15) is 19.2 Å². The first-order chi connectivity index (χ1) is 14.2. The second kappa shape index (κ2) is 20.0.